The van der Waals surface area contributed by atoms with Crippen LogP contribution in [0.4, 0.5) is 0 Å². The second kappa shape index (κ2) is 7.80. The second-order valence-electron chi connectivity index (χ2n) is 4.78. The molecule has 0 radical (unpaired) electrons. The number of nitrogens with one attached hydrogen (secondary N) is 1. The predicted molar refractivity (Wildman–Crippen MR) is 81.8 cm³/mol. The van der Waals surface area contributed by atoms with Gasteiger partial charge in [-0.05, 0) is 24.4 Å². The lowest BCUT2D eigenvalue weighted by atomic mass is 10.1. The third-order valence-electron chi connectivity index (χ3n) is 3.24. The van der Waals surface area contributed by atoms with E-state index in [1.54, 1.807) is 0 Å². The Kier molecular flexibility index (Phi) is 5.70. The zero-order valence-electron chi connectivity index (χ0n) is 11.7. The van der Waals surface area contributed by atoms with Gasteiger partial charge in [-0.3, -0.25) is 0 Å². The zero-order valence-corrected chi connectivity index (χ0v) is 11.7. The highest BCUT2D eigenvalue weighted by Gasteiger charge is 2.00. The van der Waals surface area contributed by atoms with E-state index < -0.39 is 0 Å². The molecule has 0 unspecified atom stereocenters. The van der Waals surface area contributed by atoms with E-state index in [0.29, 0.717) is 0 Å². The number of ether oxygens (including phenoxy) is 1. The first-order valence-corrected chi connectivity index (χ1v) is 7.23. The fourth-order valence-electron chi connectivity index (χ4n) is 2.18. The lowest BCUT2D eigenvalue weighted by Gasteiger charge is -2.10. The molecule has 2 aromatic rings. The van der Waals surface area contributed by atoms with E-state index in [9.17, 15) is 0 Å². The van der Waals surface area contributed by atoms with E-state index in [1.807, 2.05) is 12.1 Å². The molecule has 0 amide bonds. The number of benzene rings is 2. The fourth-order valence-corrected chi connectivity index (χ4v) is 2.18. The van der Waals surface area contributed by atoms with E-state index >= 15 is 0 Å². The minimum absolute atomic E-state index is 0.722. The first kappa shape index (κ1) is 13.9. The van der Waals surface area contributed by atoms with Crippen molar-refractivity contribution in [2.24, 2.45) is 0 Å². The quantitative estimate of drug-likeness (QED) is 0.722. The van der Waals surface area contributed by atoms with Crippen LogP contribution in [0.1, 0.15) is 26.2 Å². The van der Waals surface area contributed by atoms with Gasteiger partial charge in [0.2, 0.25) is 0 Å². The van der Waals surface area contributed by atoms with Crippen LogP contribution in [-0.2, 0) is 0 Å². The van der Waals surface area contributed by atoms with Crippen LogP contribution in [0.3, 0.4) is 0 Å². The van der Waals surface area contributed by atoms with Crippen LogP contribution in [0.25, 0.3) is 10.8 Å². The van der Waals surface area contributed by atoms with Gasteiger partial charge in [0.1, 0.15) is 12.4 Å². The molecule has 0 atom stereocenters. The maximum Gasteiger partial charge on any atom is 0.127 e. The fraction of sp³-hybridized carbons (Fsp3) is 0.412. The molecule has 0 aliphatic carbocycles. The summed E-state index contributed by atoms with van der Waals surface area (Å²) >= 11 is 0. The highest BCUT2D eigenvalue weighted by Crippen LogP contribution is 2.24. The summed E-state index contributed by atoms with van der Waals surface area (Å²) in [6, 6.07) is 14.5. The molecule has 0 aliphatic heterocycles. The standard InChI is InChI=1S/C17H23NO/c1-2-3-6-12-18-13-14-19-17-11-7-9-15-8-4-5-10-16(15)17/h4-5,7-11,18H,2-3,6,12-14H2,1H3. The molecular weight excluding hydrogens is 234 g/mol. The van der Waals surface area contributed by atoms with Gasteiger partial charge < -0.3 is 10.1 Å². The van der Waals surface area contributed by atoms with Crippen LogP contribution in [0.2, 0.25) is 0 Å². The molecular formula is C17H23NO. The van der Waals surface area contributed by atoms with Gasteiger partial charge in [-0.15, -0.1) is 0 Å². The molecule has 1 N–H and O–H groups in total. The normalized spacial score (nSPS) is 10.8. The molecule has 0 bridgehead atoms. The smallest absolute Gasteiger partial charge is 0.127 e. The van der Waals surface area contributed by atoms with Crippen molar-refractivity contribution in [1.82, 2.24) is 5.32 Å². The third kappa shape index (κ3) is 4.25. The lowest BCUT2D eigenvalue weighted by molar-refractivity contribution is 0.317. The molecule has 2 heteroatoms. The summed E-state index contributed by atoms with van der Waals surface area (Å²) in [5.74, 6) is 0.980. The van der Waals surface area contributed by atoms with Gasteiger partial charge in [-0.2, -0.15) is 0 Å². The number of hydrogen-bond acceptors (Lipinski definition) is 2. The molecule has 0 aromatic heterocycles. The Labute approximate surface area is 115 Å². The average molecular weight is 257 g/mol. The van der Waals surface area contributed by atoms with Crippen LogP contribution in [-0.4, -0.2) is 19.7 Å². The summed E-state index contributed by atoms with van der Waals surface area (Å²) in [6.45, 7) is 4.95. The zero-order chi connectivity index (χ0) is 13.3. The number of unbranched alkanes of at least 4 members (excludes halogenated alkanes) is 2. The monoisotopic (exact) mass is 257 g/mol. The Balaban J connectivity index is 1.78. The van der Waals surface area contributed by atoms with Crippen LogP contribution < -0.4 is 10.1 Å². The van der Waals surface area contributed by atoms with Gasteiger partial charge in [0, 0.05) is 11.9 Å². The summed E-state index contributed by atoms with van der Waals surface area (Å²) in [4.78, 5) is 0. The SMILES string of the molecule is CCCCCNCCOc1cccc2ccccc12. The van der Waals surface area contributed by atoms with E-state index in [4.69, 9.17) is 4.74 Å². The minimum Gasteiger partial charge on any atom is -0.492 e. The number of fused-ring (bicyclic) bond motifs is 1. The Morgan fingerprint density at radius 2 is 1.79 bits per heavy atom. The largest absolute Gasteiger partial charge is 0.492 e. The van der Waals surface area contributed by atoms with Crippen molar-refractivity contribution in [1.29, 1.82) is 0 Å². The third-order valence-corrected chi connectivity index (χ3v) is 3.24. The van der Waals surface area contributed by atoms with Crippen molar-refractivity contribution in [2.45, 2.75) is 26.2 Å². The van der Waals surface area contributed by atoms with Crippen molar-refractivity contribution in [2.75, 3.05) is 19.7 Å². The van der Waals surface area contributed by atoms with E-state index in [2.05, 4.69) is 42.6 Å². The molecule has 0 saturated carbocycles. The van der Waals surface area contributed by atoms with Gasteiger partial charge >= 0.3 is 0 Å². The Hall–Kier alpha value is -1.54. The summed E-state index contributed by atoms with van der Waals surface area (Å²) < 4.78 is 5.86. The molecule has 102 valence electrons. The van der Waals surface area contributed by atoms with Crippen LogP contribution in [0.15, 0.2) is 42.5 Å². The van der Waals surface area contributed by atoms with E-state index in [1.165, 1.54) is 30.0 Å². The van der Waals surface area contributed by atoms with Crippen molar-refractivity contribution in [3.05, 3.63) is 42.5 Å². The molecule has 19 heavy (non-hydrogen) atoms. The lowest BCUT2D eigenvalue weighted by Crippen LogP contribution is -2.22. The molecule has 0 heterocycles. The number of rotatable bonds is 8. The summed E-state index contributed by atoms with van der Waals surface area (Å²) in [5.41, 5.74) is 0. The maximum atomic E-state index is 5.86. The van der Waals surface area contributed by atoms with Crippen LogP contribution in [0.5, 0.6) is 5.75 Å². The van der Waals surface area contributed by atoms with Gasteiger partial charge in [-0.1, -0.05) is 56.2 Å². The van der Waals surface area contributed by atoms with Crippen molar-refractivity contribution in [3.63, 3.8) is 0 Å². The first-order chi connectivity index (χ1) is 9.42. The topological polar surface area (TPSA) is 21.3 Å². The van der Waals surface area contributed by atoms with E-state index in [-0.39, 0.29) is 0 Å². The molecule has 0 fully saturated rings. The summed E-state index contributed by atoms with van der Waals surface area (Å²) in [6.07, 6.45) is 3.83. The first-order valence-electron chi connectivity index (χ1n) is 7.23. The Bertz CT molecular complexity index is 490. The molecule has 2 rings (SSSR count). The van der Waals surface area contributed by atoms with Gasteiger partial charge in [-0.25, -0.2) is 0 Å². The predicted octanol–water partition coefficient (Wildman–Crippen LogP) is 4.00. The molecule has 2 aromatic carbocycles. The van der Waals surface area contributed by atoms with Gasteiger partial charge in [0.15, 0.2) is 0 Å². The van der Waals surface area contributed by atoms with Gasteiger partial charge in [0.25, 0.3) is 0 Å². The number of hydrogen-bond donors (Lipinski definition) is 1. The van der Waals surface area contributed by atoms with Gasteiger partial charge in [0.05, 0.1) is 0 Å². The average Bonchev–Trinajstić information content (AvgIpc) is 2.46. The van der Waals surface area contributed by atoms with Crippen LogP contribution >= 0.6 is 0 Å². The summed E-state index contributed by atoms with van der Waals surface area (Å²) in [7, 11) is 0. The van der Waals surface area contributed by atoms with Crippen molar-refractivity contribution >= 4 is 10.8 Å². The van der Waals surface area contributed by atoms with Crippen molar-refractivity contribution < 1.29 is 4.74 Å². The second-order valence-corrected chi connectivity index (χ2v) is 4.78. The van der Waals surface area contributed by atoms with E-state index in [0.717, 1.165) is 25.4 Å². The van der Waals surface area contributed by atoms with Crippen molar-refractivity contribution in [3.8, 4) is 5.75 Å². The van der Waals surface area contributed by atoms with Crippen LogP contribution in [0, 0.1) is 0 Å². The molecule has 0 aliphatic rings. The Morgan fingerprint density at radius 1 is 0.947 bits per heavy atom. The molecule has 0 spiro atoms. The molecule has 0 saturated heterocycles. The Morgan fingerprint density at radius 3 is 2.68 bits per heavy atom. The highest BCUT2D eigenvalue weighted by atomic mass is 16.5. The maximum absolute atomic E-state index is 5.86. The molecule has 2 nitrogen and oxygen atoms in total. The highest BCUT2D eigenvalue weighted by molar-refractivity contribution is 5.88. The summed E-state index contributed by atoms with van der Waals surface area (Å²) in [5, 5.41) is 5.84. The minimum atomic E-state index is 0.722.